The molecule has 0 saturated heterocycles. The Morgan fingerprint density at radius 3 is 2.17 bits per heavy atom. The summed E-state index contributed by atoms with van der Waals surface area (Å²) >= 11 is 7.12. The molecular formula is C20H27Br2N. The van der Waals surface area contributed by atoms with Gasteiger partial charge in [-0.3, -0.25) is 0 Å². The highest BCUT2D eigenvalue weighted by atomic mass is 79.9. The molecule has 0 aromatic carbocycles. The van der Waals surface area contributed by atoms with Gasteiger partial charge in [-0.15, -0.1) is 0 Å². The standard InChI is InChI=1S/C20H27Br2N/c1-13(2)19-17(9-18(21)22)4-3-5-23(19)20-10-14-6-15(11-20)8-16(7-14)12-20/h3-4,9,13-16H,5-8,10-12H2,1-2H3. The fraction of sp³-hybridized carbons (Fsp3) is 0.700. The highest BCUT2D eigenvalue weighted by molar-refractivity contribution is 9.28. The monoisotopic (exact) mass is 439 g/mol. The predicted octanol–water partition coefficient (Wildman–Crippen LogP) is 6.37. The second kappa shape index (κ2) is 6.05. The van der Waals surface area contributed by atoms with Gasteiger partial charge >= 0.3 is 0 Å². The van der Waals surface area contributed by atoms with E-state index in [0.29, 0.717) is 11.5 Å². The van der Waals surface area contributed by atoms with Crippen LogP contribution < -0.4 is 0 Å². The second-order valence-electron chi connectivity index (χ2n) is 8.58. The molecule has 23 heavy (non-hydrogen) atoms. The van der Waals surface area contributed by atoms with E-state index in [2.05, 4.69) is 68.8 Å². The molecule has 4 bridgehead atoms. The fourth-order valence-corrected chi connectivity index (χ4v) is 6.85. The van der Waals surface area contributed by atoms with Crippen LogP contribution in [0.5, 0.6) is 0 Å². The van der Waals surface area contributed by atoms with Gasteiger partial charge in [0, 0.05) is 17.8 Å². The third-order valence-corrected chi connectivity index (χ3v) is 7.02. The van der Waals surface area contributed by atoms with Gasteiger partial charge in [0.25, 0.3) is 0 Å². The van der Waals surface area contributed by atoms with E-state index in [-0.39, 0.29) is 0 Å². The first kappa shape index (κ1) is 16.4. The molecule has 0 unspecified atom stereocenters. The Hall–Kier alpha value is -0.0200. The summed E-state index contributed by atoms with van der Waals surface area (Å²) < 4.78 is 1.04. The third kappa shape index (κ3) is 2.90. The molecule has 4 fully saturated rings. The Bertz CT molecular complexity index is 545. The van der Waals surface area contributed by atoms with Crippen molar-refractivity contribution in [3.05, 3.63) is 32.9 Å². The summed E-state index contributed by atoms with van der Waals surface area (Å²) in [5.74, 6) is 3.57. The first-order valence-corrected chi connectivity index (χ1v) is 10.8. The lowest BCUT2D eigenvalue weighted by Crippen LogP contribution is -2.60. The van der Waals surface area contributed by atoms with E-state index in [1.807, 2.05) is 0 Å². The van der Waals surface area contributed by atoms with Gasteiger partial charge in [-0.05, 0) is 106 Å². The van der Waals surface area contributed by atoms with Gasteiger partial charge in [0.2, 0.25) is 0 Å². The Balaban J connectivity index is 1.74. The van der Waals surface area contributed by atoms with Gasteiger partial charge in [-0.25, -0.2) is 0 Å². The lowest BCUT2D eigenvalue weighted by atomic mass is 9.52. The van der Waals surface area contributed by atoms with Crippen LogP contribution in [0.3, 0.4) is 0 Å². The van der Waals surface area contributed by atoms with E-state index >= 15 is 0 Å². The molecule has 1 nitrogen and oxygen atoms in total. The zero-order chi connectivity index (χ0) is 16.2. The summed E-state index contributed by atoms with van der Waals surface area (Å²) in [6.07, 6.45) is 15.8. The van der Waals surface area contributed by atoms with E-state index in [1.165, 1.54) is 44.1 Å². The molecular weight excluding hydrogens is 414 g/mol. The largest absolute Gasteiger partial charge is 0.365 e. The van der Waals surface area contributed by atoms with E-state index in [9.17, 15) is 0 Å². The molecule has 4 aliphatic carbocycles. The van der Waals surface area contributed by atoms with Gasteiger partial charge in [0.15, 0.2) is 0 Å². The van der Waals surface area contributed by atoms with Gasteiger partial charge in [-0.1, -0.05) is 26.0 Å². The molecule has 0 N–H and O–H groups in total. The zero-order valence-corrected chi connectivity index (χ0v) is 17.4. The van der Waals surface area contributed by atoms with E-state index < -0.39 is 0 Å². The van der Waals surface area contributed by atoms with E-state index in [4.69, 9.17) is 0 Å². The second-order valence-corrected chi connectivity index (χ2v) is 11.4. The van der Waals surface area contributed by atoms with Crippen molar-refractivity contribution in [1.82, 2.24) is 4.90 Å². The van der Waals surface area contributed by atoms with Crippen LogP contribution in [0.25, 0.3) is 0 Å². The first-order chi connectivity index (χ1) is 11.0. The molecule has 3 heteroatoms. The minimum atomic E-state index is 0.455. The zero-order valence-electron chi connectivity index (χ0n) is 14.2. The number of hydrogen-bond donors (Lipinski definition) is 0. The van der Waals surface area contributed by atoms with Crippen LogP contribution in [0.1, 0.15) is 52.4 Å². The predicted molar refractivity (Wildman–Crippen MR) is 105 cm³/mol. The molecule has 0 radical (unpaired) electrons. The summed E-state index contributed by atoms with van der Waals surface area (Å²) in [7, 11) is 0. The Kier molecular flexibility index (Phi) is 4.33. The topological polar surface area (TPSA) is 3.24 Å². The van der Waals surface area contributed by atoms with Crippen molar-refractivity contribution in [2.75, 3.05) is 6.54 Å². The van der Waals surface area contributed by atoms with Gasteiger partial charge in [-0.2, -0.15) is 0 Å². The fourth-order valence-electron chi connectivity index (χ4n) is 6.35. The molecule has 1 heterocycles. The summed E-state index contributed by atoms with van der Waals surface area (Å²) in [5, 5.41) is 0. The molecule has 0 aromatic rings. The number of halogens is 2. The Morgan fingerprint density at radius 1 is 1.13 bits per heavy atom. The summed E-state index contributed by atoms with van der Waals surface area (Å²) in [6.45, 7) is 5.83. The SMILES string of the molecule is CC(C)C1=C(C=C(Br)Br)C=CCN1C12CC3CC(CC(C3)C1)C2. The lowest BCUT2D eigenvalue weighted by Gasteiger charge is -2.62. The quantitative estimate of drug-likeness (QED) is 0.492. The van der Waals surface area contributed by atoms with Crippen LogP contribution in [-0.2, 0) is 0 Å². The molecule has 1 aliphatic heterocycles. The van der Waals surface area contributed by atoms with Crippen molar-refractivity contribution in [2.24, 2.45) is 23.7 Å². The molecule has 0 atom stereocenters. The van der Waals surface area contributed by atoms with Gasteiger partial charge < -0.3 is 4.90 Å². The molecule has 0 amide bonds. The smallest absolute Gasteiger partial charge is 0.0610 e. The maximum absolute atomic E-state index is 3.56. The number of rotatable bonds is 3. The number of hydrogen-bond acceptors (Lipinski definition) is 1. The molecule has 4 saturated carbocycles. The van der Waals surface area contributed by atoms with Crippen LogP contribution in [0, 0.1) is 23.7 Å². The van der Waals surface area contributed by atoms with Crippen molar-refractivity contribution in [3.8, 4) is 0 Å². The van der Waals surface area contributed by atoms with Crippen molar-refractivity contribution in [2.45, 2.75) is 57.9 Å². The average molecular weight is 441 g/mol. The van der Waals surface area contributed by atoms with Gasteiger partial charge in [0.1, 0.15) is 0 Å². The molecule has 5 rings (SSSR count). The van der Waals surface area contributed by atoms with Crippen molar-refractivity contribution in [1.29, 1.82) is 0 Å². The molecule has 126 valence electrons. The van der Waals surface area contributed by atoms with Crippen LogP contribution >= 0.6 is 31.9 Å². The highest BCUT2D eigenvalue weighted by Crippen LogP contribution is 2.59. The maximum Gasteiger partial charge on any atom is 0.0610 e. The van der Waals surface area contributed by atoms with Crippen molar-refractivity contribution < 1.29 is 0 Å². The van der Waals surface area contributed by atoms with Gasteiger partial charge in [0.05, 0.1) is 3.39 Å². The van der Waals surface area contributed by atoms with E-state index in [0.717, 1.165) is 27.7 Å². The van der Waals surface area contributed by atoms with Crippen LogP contribution in [-0.4, -0.2) is 17.0 Å². The van der Waals surface area contributed by atoms with Crippen LogP contribution in [0.2, 0.25) is 0 Å². The highest BCUT2D eigenvalue weighted by Gasteiger charge is 2.54. The molecule has 5 aliphatic rings. The minimum absolute atomic E-state index is 0.455. The third-order valence-electron chi connectivity index (χ3n) is 6.56. The summed E-state index contributed by atoms with van der Waals surface area (Å²) in [4.78, 5) is 2.83. The van der Waals surface area contributed by atoms with Crippen molar-refractivity contribution in [3.63, 3.8) is 0 Å². The van der Waals surface area contributed by atoms with Crippen molar-refractivity contribution >= 4 is 31.9 Å². The molecule has 0 aromatic heterocycles. The number of nitrogens with zero attached hydrogens (tertiary/aromatic N) is 1. The summed E-state index contributed by atoms with van der Waals surface area (Å²) in [5.41, 5.74) is 3.40. The first-order valence-electron chi connectivity index (χ1n) is 9.18. The minimum Gasteiger partial charge on any atom is -0.365 e. The van der Waals surface area contributed by atoms with Crippen LogP contribution in [0.15, 0.2) is 32.9 Å². The Labute approximate surface area is 157 Å². The summed E-state index contributed by atoms with van der Waals surface area (Å²) in [6, 6.07) is 0. The maximum atomic E-state index is 3.56. The lowest BCUT2D eigenvalue weighted by molar-refractivity contribution is -0.0752. The average Bonchev–Trinajstić information content (AvgIpc) is 2.44. The normalized spacial score (nSPS) is 38.7. The van der Waals surface area contributed by atoms with E-state index in [1.54, 1.807) is 5.70 Å². The van der Waals surface area contributed by atoms with Crippen LogP contribution in [0.4, 0.5) is 0 Å². The Morgan fingerprint density at radius 2 is 1.70 bits per heavy atom. The molecule has 0 spiro atoms. The number of allylic oxidation sites excluding steroid dienone is 4.